The molecule has 2 heterocycles. The first-order chi connectivity index (χ1) is 9.27. The minimum absolute atomic E-state index is 0.0505. The molecule has 0 radical (unpaired) electrons. The van der Waals surface area contributed by atoms with Gasteiger partial charge >= 0.3 is 0 Å². The third kappa shape index (κ3) is 1.97. The molecule has 0 unspecified atom stereocenters. The Hall–Kier alpha value is -2.62. The zero-order valence-electron chi connectivity index (χ0n) is 10.5. The van der Waals surface area contributed by atoms with Crippen LogP contribution in [0.25, 0.3) is 10.9 Å². The van der Waals surface area contributed by atoms with Gasteiger partial charge in [0.1, 0.15) is 0 Å². The number of hydrogen-bond acceptors (Lipinski definition) is 2. The van der Waals surface area contributed by atoms with Crippen molar-refractivity contribution in [3.05, 3.63) is 60.6 Å². The van der Waals surface area contributed by atoms with Gasteiger partial charge in [0, 0.05) is 30.3 Å². The molecule has 1 aromatic carbocycles. The lowest BCUT2D eigenvalue weighted by molar-refractivity contribution is 0.0994. The molecule has 4 heteroatoms. The van der Waals surface area contributed by atoms with Crippen LogP contribution in [0.2, 0.25) is 0 Å². The number of fused-ring (bicyclic) bond motifs is 1. The van der Waals surface area contributed by atoms with Gasteiger partial charge in [-0.1, -0.05) is 18.2 Å². The normalized spacial score (nSPS) is 10.6. The van der Waals surface area contributed by atoms with Gasteiger partial charge in [-0.2, -0.15) is 0 Å². The summed E-state index contributed by atoms with van der Waals surface area (Å²) in [4.78, 5) is 21.2. The molecule has 19 heavy (non-hydrogen) atoms. The van der Waals surface area contributed by atoms with Crippen LogP contribution in [0.3, 0.4) is 0 Å². The molecule has 4 nitrogen and oxygen atoms in total. The van der Waals surface area contributed by atoms with E-state index in [1.54, 1.807) is 30.5 Å². The van der Waals surface area contributed by atoms with E-state index in [9.17, 15) is 4.79 Å². The number of benzene rings is 1. The van der Waals surface area contributed by atoms with Crippen molar-refractivity contribution in [3.8, 4) is 0 Å². The molecule has 0 atom stereocenters. The summed E-state index contributed by atoms with van der Waals surface area (Å²) in [6.45, 7) is 0. The number of carbonyl (C=O) groups is 1. The highest BCUT2D eigenvalue weighted by Gasteiger charge is 2.17. The Balaban J connectivity index is 2.00. The van der Waals surface area contributed by atoms with Crippen LogP contribution in [-0.4, -0.2) is 22.9 Å². The third-order valence-electron chi connectivity index (χ3n) is 3.16. The quantitative estimate of drug-likeness (QED) is 0.761. The van der Waals surface area contributed by atoms with Crippen LogP contribution >= 0.6 is 0 Å². The van der Waals surface area contributed by atoms with Crippen molar-refractivity contribution >= 4 is 22.5 Å². The fraction of sp³-hybridized carbons (Fsp3) is 0.0667. The molecule has 3 rings (SSSR count). The molecule has 0 aliphatic rings. The number of nitrogens with zero attached hydrogens (tertiary/aromatic N) is 2. The van der Waals surface area contributed by atoms with Crippen LogP contribution in [-0.2, 0) is 0 Å². The minimum Gasteiger partial charge on any atom is -0.360 e. The van der Waals surface area contributed by atoms with Crippen LogP contribution in [0.5, 0.6) is 0 Å². The first-order valence-electron chi connectivity index (χ1n) is 6.01. The molecule has 1 N–H and O–H groups in total. The maximum absolute atomic E-state index is 12.5. The average Bonchev–Trinajstić information content (AvgIpc) is 2.90. The van der Waals surface area contributed by atoms with E-state index < -0.39 is 0 Å². The van der Waals surface area contributed by atoms with E-state index in [0.717, 1.165) is 16.6 Å². The summed E-state index contributed by atoms with van der Waals surface area (Å²) in [5.74, 6) is -0.0505. The Labute approximate surface area is 110 Å². The van der Waals surface area contributed by atoms with Crippen LogP contribution in [0, 0.1) is 0 Å². The second-order valence-electron chi connectivity index (χ2n) is 4.32. The largest absolute Gasteiger partial charge is 0.360 e. The summed E-state index contributed by atoms with van der Waals surface area (Å²) < 4.78 is 0. The first kappa shape index (κ1) is 11.5. The van der Waals surface area contributed by atoms with Gasteiger partial charge in [0.15, 0.2) is 0 Å². The fourth-order valence-electron chi connectivity index (χ4n) is 2.10. The van der Waals surface area contributed by atoms with Gasteiger partial charge in [-0.3, -0.25) is 9.78 Å². The number of amides is 1. The summed E-state index contributed by atoms with van der Waals surface area (Å²) in [7, 11) is 1.75. The fourth-order valence-corrected chi connectivity index (χ4v) is 2.10. The topological polar surface area (TPSA) is 49.0 Å². The number of nitrogens with one attached hydrogen (secondary N) is 1. The first-order valence-corrected chi connectivity index (χ1v) is 6.01. The van der Waals surface area contributed by atoms with Crippen molar-refractivity contribution in [1.82, 2.24) is 9.97 Å². The van der Waals surface area contributed by atoms with E-state index in [-0.39, 0.29) is 5.91 Å². The maximum atomic E-state index is 12.5. The number of carbonyl (C=O) groups excluding carboxylic acids is 1. The van der Waals surface area contributed by atoms with Gasteiger partial charge < -0.3 is 9.88 Å². The summed E-state index contributed by atoms with van der Waals surface area (Å²) >= 11 is 0. The van der Waals surface area contributed by atoms with E-state index >= 15 is 0 Å². The van der Waals surface area contributed by atoms with Crippen molar-refractivity contribution in [2.45, 2.75) is 0 Å². The molecule has 0 saturated heterocycles. The monoisotopic (exact) mass is 251 g/mol. The third-order valence-corrected chi connectivity index (χ3v) is 3.16. The smallest absolute Gasteiger partial charge is 0.260 e. The SMILES string of the molecule is CN(C(=O)c1c[nH]c2ccccc12)c1cccnc1. The zero-order valence-corrected chi connectivity index (χ0v) is 10.5. The molecule has 3 aromatic rings. The number of aromatic nitrogens is 2. The standard InChI is InChI=1S/C15H13N3O/c1-18(11-5-4-8-16-9-11)15(19)13-10-17-14-7-3-2-6-12(13)14/h2-10,17H,1H3. The van der Waals surface area contributed by atoms with Gasteiger partial charge in [-0.15, -0.1) is 0 Å². The second-order valence-corrected chi connectivity index (χ2v) is 4.32. The number of hydrogen-bond donors (Lipinski definition) is 1. The Bertz CT molecular complexity index is 718. The van der Waals surface area contributed by atoms with Gasteiger partial charge in [-0.05, 0) is 18.2 Å². The van der Waals surface area contributed by atoms with Gasteiger partial charge in [0.05, 0.1) is 17.4 Å². The number of H-pyrrole nitrogens is 1. The molecule has 0 spiro atoms. The lowest BCUT2D eigenvalue weighted by atomic mass is 10.1. The summed E-state index contributed by atoms with van der Waals surface area (Å²) in [6, 6.07) is 11.4. The van der Waals surface area contributed by atoms with Crippen molar-refractivity contribution in [2.75, 3.05) is 11.9 Å². The van der Waals surface area contributed by atoms with Crippen LogP contribution in [0.15, 0.2) is 55.0 Å². The summed E-state index contributed by atoms with van der Waals surface area (Å²) in [6.07, 6.45) is 5.11. The second kappa shape index (κ2) is 4.57. The van der Waals surface area contributed by atoms with Crippen molar-refractivity contribution < 1.29 is 4.79 Å². The predicted octanol–water partition coefficient (Wildman–Crippen LogP) is 2.84. The number of anilines is 1. The van der Waals surface area contributed by atoms with E-state index in [4.69, 9.17) is 0 Å². The lowest BCUT2D eigenvalue weighted by Gasteiger charge is -2.16. The zero-order chi connectivity index (χ0) is 13.2. The molecule has 0 aliphatic heterocycles. The molecular weight excluding hydrogens is 238 g/mol. The average molecular weight is 251 g/mol. The highest BCUT2D eigenvalue weighted by atomic mass is 16.2. The van der Waals surface area contributed by atoms with Crippen molar-refractivity contribution in [2.24, 2.45) is 0 Å². The molecule has 0 bridgehead atoms. The number of para-hydroxylation sites is 1. The molecule has 2 aromatic heterocycles. The molecule has 94 valence electrons. The van der Waals surface area contributed by atoms with Gasteiger partial charge in [0.2, 0.25) is 0 Å². The number of rotatable bonds is 2. The van der Waals surface area contributed by atoms with Crippen LogP contribution in [0.1, 0.15) is 10.4 Å². The maximum Gasteiger partial charge on any atom is 0.260 e. The summed E-state index contributed by atoms with van der Waals surface area (Å²) in [5.41, 5.74) is 2.41. The van der Waals surface area contributed by atoms with E-state index in [0.29, 0.717) is 5.56 Å². The van der Waals surface area contributed by atoms with Crippen LogP contribution < -0.4 is 4.90 Å². The van der Waals surface area contributed by atoms with Crippen molar-refractivity contribution in [1.29, 1.82) is 0 Å². The predicted molar refractivity (Wildman–Crippen MR) is 75.3 cm³/mol. The molecule has 1 amide bonds. The van der Waals surface area contributed by atoms with Crippen LogP contribution in [0.4, 0.5) is 5.69 Å². The number of pyridine rings is 1. The molecular formula is C15H13N3O. The van der Waals surface area contributed by atoms with Crippen molar-refractivity contribution in [3.63, 3.8) is 0 Å². The molecule has 0 fully saturated rings. The van der Waals surface area contributed by atoms with Gasteiger partial charge in [-0.25, -0.2) is 0 Å². The Kier molecular flexibility index (Phi) is 2.76. The highest BCUT2D eigenvalue weighted by molar-refractivity contribution is 6.13. The Morgan fingerprint density at radius 3 is 2.84 bits per heavy atom. The van der Waals surface area contributed by atoms with E-state index in [1.165, 1.54) is 0 Å². The number of aromatic amines is 1. The van der Waals surface area contributed by atoms with E-state index in [2.05, 4.69) is 9.97 Å². The Morgan fingerprint density at radius 1 is 1.21 bits per heavy atom. The van der Waals surface area contributed by atoms with E-state index in [1.807, 2.05) is 36.4 Å². The minimum atomic E-state index is -0.0505. The Morgan fingerprint density at radius 2 is 2.05 bits per heavy atom. The molecule has 0 saturated carbocycles. The van der Waals surface area contributed by atoms with Gasteiger partial charge in [0.25, 0.3) is 5.91 Å². The molecule has 0 aliphatic carbocycles. The highest BCUT2D eigenvalue weighted by Crippen LogP contribution is 2.21. The summed E-state index contributed by atoms with van der Waals surface area (Å²) in [5, 5.41) is 0.934. The lowest BCUT2D eigenvalue weighted by Crippen LogP contribution is -2.26.